The van der Waals surface area contributed by atoms with Gasteiger partial charge in [0.2, 0.25) is 6.79 Å². The summed E-state index contributed by atoms with van der Waals surface area (Å²) in [6.07, 6.45) is 0.0163. The van der Waals surface area contributed by atoms with Crippen LogP contribution in [0.2, 0.25) is 0 Å². The number of aliphatic carboxylic acids is 1. The monoisotopic (exact) mass is 286 g/mol. The molecule has 0 amide bonds. The minimum Gasteiger partial charge on any atom is -0.489 e. The molecule has 1 N–H and O–H groups in total. The van der Waals surface area contributed by atoms with Crippen LogP contribution >= 0.6 is 0 Å². The zero-order chi connectivity index (χ0) is 14.7. The van der Waals surface area contributed by atoms with E-state index >= 15 is 0 Å². The summed E-state index contributed by atoms with van der Waals surface area (Å²) in [7, 11) is 0. The molecule has 0 bridgehead atoms. The van der Waals surface area contributed by atoms with Gasteiger partial charge in [0.1, 0.15) is 12.4 Å². The van der Waals surface area contributed by atoms with Crippen LogP contribution in [0.15, 0.2) is 42.5 Å². The van der Waals surface area contributed by atoms with E-state index in [0.29, 0.717) is 12.4 Å². The van der Waals surface area contributed by atoms with Crippen molar-refractivity contribution in [1.29, 1.82) is 0 Å². The smallest absolute Gasteiger partial charge is 0.307 e. The Hall–Kier alpha value is -2.69. The van der Waals surface area contributed by atoms with Crippen LogP contribution in [0.5, 0.6) is 17.2 Å². The average molecular weight is 286 g/mol. The number of hydrogen-bond acceptors (Lipinski definition) is 4. The highest BCUT2D eigenvalue weighted by Crippen LogP contribution is 2.32. The lowest BCUT2D eigenvalue weighted by Gasteiger charge is -2.07. The van der Waals surface area contributed by atoms with E-state index in [1.807, 2.05) is 18.2 Å². The summed E-state index contributed by atoms with van der Waals surface area (Å²) < 4.78 is 16.2. The van der Waals surface area contributed by atoms with Crippen molar-refractivity contribution in [1.82, 2.24) is 0 Å². The van der Waals surface area contributed by atoms with Gasteiger partial charge in [-0.1, -0.05) is 18.2 Å². The standard InChI is InChI=1S/C16H14O5/c17-16(18)8-11-1-4-13(5-2-11)19-9-12-3-6-14-15(7-12)21-10-20-14/h1-7H,8-10H2,(H,17,18). The number of hydrogen-bond donors (Lipinski definition) is 1. The zero-order valence-corrected chi connectivity index (χ0v) is 11.2. The highest BCUT2D eigenvalue weighted by Gasteiger charge is 2.13. The molecule has 1 heterocycles. The fourth-order valence-corrected chi connectivity index (χ4v) is 2.08. The Labute approximate surface area is 121 Å². The SMILES string of the molecule is O=C(O)Cc1ccc(OCc2ccc3c(c2)OCO3)cc1. The Morgan fingerprint density at radius 2 is 1.76 bits per heavy atom. The maximum Gasteiger partial charge on any atom is 0.307 e. The quantitative estimate of drug-likeness (QED) is 0.915. The molecule has 0 unspecified atom stereocenters. The van der Waals surface area contributed by atoms with Gasteiger partial charge in [0, 0.05) is 0 Å². The van der Waals surface area contributed by atoms with Crippen LogP contribution in [0.25, 0.3) is 0 Å². The molecule has 0 aliphatic carbocycles. The second-order valence-corrected chi connectivity index (χ2v) is 4.69. The number of rotatable bonds is 5. The maximum absolute atomic E-state index is 10.6. The van der Waals surface area contributed by atoms with Crippen LogP contribution in [0.3, 0.4) is 0 Å². The number of carbonyl (C=O) groups is 1. The van der Waals surface area contributed by atoms with Crippen molar-refractivity contribution in [3.05, 3.63) is 53.6 Å². The Morgan fingerprint density at radius 3 is 2.52 bits per heavy atom. The van der Waals surface area contributed by atoms with Crippen LogP contribution in [-0.4, -0.2) is 17.9 Å². The summed E-state index contributed by atoms with van der Waals surface area (Å²) in [6.45, 7) is 0.666. The van der Waals surface area contributed by atoms with Crippen LogP contribution in [0.1, 0.15) is 11.1 Å². The van der Waals surface area contributed by atoms with Crippen molar-refractivity contribution < 1.29 is 24.1 Å². The van der Waals surface area contributed by atoms with Gasteiger partial charge in [-0.3, -0.25) is 4.79 Å². The molecule has 0 saturated carbocycles. The molecule has 0 radical (unpaired) electrons. The van der Waals surface area contributed by atoms with E-state index in [0.717, 1.165) is 22.6 Å². The highest BCUT2D eigenvalue weighted by molar-refractivity contribution is 5.70. The molecule has 3 rings (SSSR count). The van der Waals surface area contributed by atoms with Gasteiger partial charge in [0.05, 0.1) is 6.42 Å². The number of ether oxygens (including phenoxy) is 3. The summed E-state index contributed by atoms with van der Waals surface area (Å²) in [4.78, 5) is 10.6. The number of carboxylic acids is 1. The molecule has 2 aromatic carbocycles. The minimum absolute atomic E-state index is 0.0163. The van der Waals surface area contributed by atoms with Gasteiger partial charge >= 0.3 is 5.97 Å². The normalized spacial score (nSPS) is 12.2. The number of benzene rings is 2. The third-order valence-corrected chi connectivity index (χ3v) is 3.12. The molecule has 1 aliphatic rings. The fourth-order valence-electron chi connectivity index (χ4n) is 2.08. The van der Waals surface area contributed by atoms with E-state index in [1.165, 1.54) is 0 Å². The molecule has 0 saturated heterocycles. The van der Waals surface area contributed by atoms with Crippen LogP contribution < -0.4 is 14.2 Å². The van der Waals surface area contributed by atoms with Crippen LogP contribution in [-0.2, 0) is 17.8 Å². The van der Waals surface area contributed by atoms with Gasteiger partial charge in [-0.15, -0.1) is 0 Å². The van der Waals surface area contributed by atoms with Gasteiger partial charge in [-0.25, -0.2) is 0 Å². The average Bonchev–Trinajstić information content (AvgIpc) is 2.93. The van der Waals surface area contributed by atoms with Gasteiger partial charge < -0.3 is 19.3 Å². The largest absolute Gasteiger partial charge is 0.489 e. The van der Waals surface area contributed by atoms with Gasteiger partial charge in [0.15, 0.2) is 11.5 Å². The third kappa shape index (κ3) is 3.25. The lowest BCUT2D eigenvalue weighted by molar-refractivity contribution is -0.136. The van der Waals surface area contributed by atoms with E-state index in [1.54, 1.807) is 24.3 Å². The van der Waals surface area contributed by atoms with Crippen LogP contribution in [0.4, 0.5) is 0 Å². The predicted octanol–water partition coefficient (Wildman–Crippen LogP) is 2.62. The van der Waals surface area contributed by atoms with E-state index in [-0.39, 0.29) is 13.2 Å². The summed E-state index contributed by atoms with van der Waals surface area (Å²) >= 11 is 0. The first-order valence-electron chi connectivity index (χ1n) is 6.53. The Kier molecular flexibility index (Phi) is 3.64. The molecule has 21 heavy (non-hydrogen) atoms. The number of fused-ring (bicyclic) bond motifs is 1. The molecule has 5 heteroatoms. The van der Waals surface area contributed by atoms with Gasteiger partial charge in [0.25, 0.3) is 0 Å². The minimum atomic E-state index is -0.843. The zero-order valence-electron chi connectivity index (χ0n) is 11.2. The summed E-state index contributed by atoms with van der Waals surface area (Å²) in [5.74, 6) is 1.33. The number of carboxylic acid groups (broad SMARTS) is 1. The Morgan fingerprint density at radius 1 is 1.05 bits per heavy atom. The van der Waals surface area contributed by atoms with Gasteiger partial charge in [-0.05, 0) is 35.4 Å². The van der Waals surface area contributed by atoms with E-state index in [4.69, 9.17) is 19.3 Å². The topological polar surface area (TPSA) is 65.0 Å². The van der Waals surface area contributed by atoms with Crippen molar-refractivity contribution in [2.75, 3.05) is 6.79 Å². The summed E-state index contributed by atoms with van der Waals surface area (Å²) in [5.41, 5.74) is 1.73. The molecule has 1 aliphatic heterocycles. The van der Waals surface area contributed by atoms with Crippen molar-refractivity contribution in [3.63, 3.8) is 0 Å². The van der Waals surface area contributed by atoms with E-state index < -0.39 is 5.97 Å². The fraction of sp³-hybridized carbons (Fsp3) is 0.188. The molecule has 0 aromatic heterocycles. The first-order valence-corrected chi connectivity index (χ1v) is 6.53. The Bertz CT molecular complexity index is 648. The van der Waals surface area contributed by atoms with Crippen molar-refractivity contribution in [2.45, 2.75) is 13.0 Å². The predicted molar refractivity (Wildman–Crippen MR) is 74.7 cm³/mol. The van der Waals surface area contributed by atoms with Crippen molar-refractivity contribution >= 4 is 5.97 Å². The molecule has 0 spiro atoms. The Balaban J connectivity index is 1.61. The van der Waals surface area contributed by atoms with Gasteiger partial charge in [-0.2, -0.15) is 0 Å². The molecule has 5 nitrogen and oxygen atoms in total. The summed E-state index contributed by atoms with van der Waals surface area (Å²) in [5, 5.41) is 8.71. The lowest BCUT2D eigenvalue weighted by Crippen LogP contribution is -2.00. The molecule has 108 valence electrons. The first-order chi connectivity index (χ1) is 10.2. The third-order valence-electron chi connectivity index (χ3n) is 3.12. The second kappa shape index (κ2) is 5.75. The van der Waals surface area contributed by atoms with Crippen LogP contribution in [0, 0.1) is 0 Å². The second-order valence-electron chi connectivity index (χ2n) is 4.69. The molecule has 2 aromatic rings. The first kappa shape index (κ1) is 13.3. The summed E-state index contributed by atoms with van der Waals surface area (Å²) in [6, 6.07) is 12.7. The molecular weight excluding hydrogens is 272 g/mol. The lowest BCUT2D eigenvalue weighted by atomic mass is 10.1. The highest BCUT2D eigenvalue weighted by atomic mass is 16.7. The molecule has 0 fully saturated rings. The maximum atomic E-state index is 10.6. The van der Waals surface area contributed by atoms with E-state index in [2.05, 4.69) is 0 Å². The van der Waals surface area contributed by atoms with Crippen molar-refractivity contribution in [3.8, 4) is 17.2 Å². The molecule has 0 atom stereocenters. The van der Waals surface area contributed by atoms with E-state index in [9.17, 15) is 4.79 Å². The van der Waals surface area contributed by atoms with Crippen molar-refractivity contribution in [2.24, 2.45) is 0 Å². The molecular formula is C16H14O5.